The zero-order chi connectivity index (χ0) is 19.8. The quantitative estimate of drug-likeness (QED) is 0.681. The van der Waals surface area contributed by atoms with Gasteiger partial charge in [0.2, 0.25) is 0 Å². The summed E-state index contributed by atoms with van der Waals surface area (Å²) < 4.78 is 54.8. The van der Waals surface area contributed by atoms with E-state index in [1.165, 1.54) is 10.7 Å². The number of anilines is 1. The van der Waals surface area contributed by atoms with Gasteiger partial charge in [0.25, 0.3) is 5.91 Å². The summed E-state index contributed by atoms with van der Waals surface area (Å²) in [5.41, 5.74) is 0.150. The van der Waals surface area contributed by atoms with Crippen molar-refractivity contribution in [3.05, 3.63) is 59.4 Å². The fraction of sp³-hybridized carbons (Fsp3) is 0.235. The van der Waals surface area contributed by atoms with Crippen LogP contribution in [0.3, 0.4) is 0 Å². The highest BCUT2D eigenvalue weighted by atomic mass is 19.4. The Labute approximate surface area is 151 Å². The van der Waals surface area contributed by atoms with Crippen molar-refractivity contribution >= 4 is 17.4 Å². The SMILES string of the molecule is CNc1cc(C)nc2c(C(=O)NC(c3ccc(F)cc3)C(F)(F)F)ncn12. The molecule has 27 heavy (non-hydrogen) atoms. The Morgan fingerprint density at radius 3 is 2.48 bits per heavy atom. The van der Waals surface area contributed by atoms with Crippen LogP contribution in [0.4, 0.5) is 23.4 Å². The highest BCUT2D eigenvalue weighted by Gasteiger charge is 2.42. The molecule has 2 N–H and O–H groups in total. The Morgan fingerprint density at radius 2 is 1.89 bits per heavy atom. The number of carbonyl (C=O) groups excluding carboxylic acids is 1. The second kappa shape index (κ2) is 6.86. The van der Waals surface area contributed by atoms with E-state index in [0.29, 0.717) is 11.5 Å². The number of halogens is 4. The first-order valence-electron chi connectivity index (χ1n) is 7.86. The summed E-state index contributed by atoms with van der Waals surface area (Å²) in [6.45, 7) is 1.69. The number of hydrogen-bond acceptors (Lipinski definition) is 4. The smallest absolute Gasteiger partial charge is 0.374 e. The van der Waals surface area contributed by atoms with Crippen LogP contribution in [0.15, 0.2) is 36.7 Å². The summed E-state index contributed by atoms with van der Waals surface area (Å²) in [5.74, 6) is -1.13. The van der Waals surface area contributed by atoms with Crippen molar-refractivity contribution in [1.29, 1.82) is 0 Å². The van der Waals surface area contributed by atoms with Crippen molar-refractivity contribution in [2.75, 3.05) is 12.4 Å². The average Bonchev–Trinajstić information content (AvgIpc) is 3.02. The van der Waals surface area contributed by atoms with E-state index >= 15 is 0 Å². The molecule has 2 heterocycles. The van der Waals surface area contributed by atoms with Gasteiger partial charge in [0.05, 0.1) is 0 Å². The molecule has 1 aromatic carbocycles. The molecule has 1 unspecified atom stereocenters. The summed E-state index contributed by atoms with van der Waals surface area (Å²) >= 11 is 0. The van der Waals surface area contributed by atoms with Crippen LogP contribution in [0.5, 0.6) is 0 Å². The maximum atomic E-state index is 13.4. The lowest BCUT2D eigenvalue weighted by molar-refractivity contribution is -0.155. The van der Waals surface area contributed by atoms with E-state index in [1.807, 2.05) is 5.32 Å². The first-order chi connectivity index (χ1) is 12.7. The van der Waals surface area contributed by atoms with Crippen molar-refractivity contribution in [3.8, 4) is 0 Å². The monoisotopic (exact) mass is 381 g/mol. The summed E-state index contributed by atoms with van der Waals surface area (Å²) in [6, 6.07) is 3.14. The minimum atomic E-state index is -4.78. The highest BCUT2D eigenvalue weighted by molar-refractivity contribution is 5.98. The number of nitrogens with zero attached hydrogens (tertiary/aromatic N) is 3. The molecule has 0 aliphatic carbocycles. The van der Waals surface area contributed by atoms with Crippen LogP contribution in [0, 0.1) is 12.7 Å². The predicted molar refractivity (Wildman–Crippen MR) is 89.9 cm³/mol. The summed E-state index contributed by atoms with van der Waals surface area (Å²) in [6.07, 6.45) is -3.48. The van der Waals surface area contributed by atoms with Crippen molar-refractivity contribution in [2.24, 2.45) is 0 Å². The van der Waals surface area contributed by atoms with Crippen LogP contribution in [0.2, 0.25) is 0 Å². The van der Waals surface area contributed by atoms with Gasteiger partial charge in [-0.1, -0.05) is 12.1 Å². The molecule has 1 amide bonds. The number of amides is 1. The third-order valence-electron chi connectivity index (χ3n) is 3.91. The first-order valence-corrected chi connectivity index (χ1v) is 7.86. The van der Waals surface area contributed by atoms with Gasteiger partial charge in [-0.3, -0.25) is 9.20 Å². The van der Waals surface area contributed by atoms with Gasteiger partial charge in [-0.05, 0) is 24.6 Å². The molecule has 3 rings (SSSR count). The lowest BCUT2D eigenvalue weighted by Gasteiger charge is -2.21. The number of alkyl halides is 3. The molecule has 0 aliphatic heterocycles. The molecular weight excluding hydrogens is 366 g/mol. The largest absolute Gasteiger partial charge is 0.412 e. The first kappa shape index (κ1) is 18.6. The molecule has 10 heteroatoms. The van der Waals surface area contributed by atoms with Crippen molar-refractivity contribution in [1.82, 2.24) is 19.7 Å². The van der Waals surface area contributed by atoms with Gasteiger partial charge in [0.1, 0.15) is 18.0 Å². The Balaban J connectivity index is 1.98. The summed E-state index contributed by atoms with van der Waals surface area (Å²) in [4.78, 5) is 20.6. The average molecular weight is 381 g/mol. The fourth-order valence-electron chi connectivity index (χ4n) is 2.65. The summed E-state index contributed by atoms with van der Waals surface area (Å²) in [7, 11) is 1.65. The van der Waals surface area contributed by atoms with Gasteiger partial charge in [0, 0.05) is 18.8 Å². The number of fused-ring (bicyclic) bond motifs is 1. The van der Waals surface area contributed by atoms with Crippen molar-refractivity contribution in [2.45, 2.75) is 19.1 Å². The number of aryl methyl sites for hydroxylation is 1. The predicted octanol–water partition coefficient (Wildman–Crippen LogP) is 3.25. The normalized spacial score (nSPS) is 12.8. The summed E-state index contributed by atoms with van der Waals surface area (Å²) in [5, 5.41) is 4.82. The van der Waals surface area contributed by atoms with E-state index in [4.69, 9.17) is 0 Å². The van der Waals surface area contributed by atoms with Gasteiger partial charge in [-0.2, -0.15) is 13.2 Å². The number of carbonyl (C=O) groups is 1. The molecule has 3 aromatic rings. The third kappa shape index (κ3) is 3.69. The zero-order valence-electron chi connectivity index (χ0n) is 14.3. The number of aromatic nitrogens is 3. The fourth-order valence-corrected chi connectivity index (χ4v) is 2.65. The molecule has 0 fully saturated rings. The van der Waals surface area contributed by atoms with E-state index in [1.54, 1.807) is 20.0 Å². The van der Waals surface area contributed by atoms with E-state index in [2.05, 4.69) is 15.3 Å². The van der Waals surface area contributed by atoms with Gasteiger partial charge >= 0.3 is 6.18 Å². The topological polar surface area (TPSA) is 71.3 Å². The molecule has 0 bridgehead atoms. The van der Waals surface area contributed by atoms with Crippen molar-refractivity contribution < 1.29 is 22.4 Å². The van der Waals surface area contributed by atoms with Crippen LogP contribution < -0.4 is 10.6 Å². The molecule has 142 valence electrons. The molecule has 0 saturated carbocycles. The zero-order valence-corrected chi connectivity index (χ0v) is 14.3. The van der Waals surface area contributed by atoms with Crippen LogP contribution in [0.25, 0.3) is 5.65 Å². The Morgan fingerprint density at radius 1 is 1.22 bits per heavy atom. The molecule has 6 nitrogen and oxygen atoms in total. The Hall–Kier alpha value is -3.17. The number of rotatable bonds is 4. The lowest BCUT2D eigenvalue weighted by atomic mass is 10.1. The molecule has 0 spiro atoms. The molecular formula is C17H15F4N5O. The number of hydrogen-bond donors (Lipinski definition) is 2. The minimum absolute atomic E-state index is 0.122. The molecule has 0 aliphatic rings. The minimum Gasteiger partial charge on any atom is -0.374 e. The van der Waals surface area contributed by atoms with Crippen LogP contribution >= 0.6 is 0 Å². The van der Waals surface area contributed by atoms with E-state index in [9.17, 15) is 22.4 Å². The van der Waals surface area contributed by atoms with Crippen molar-refractivity contribution in [3.63, 3.8) is 0 Å². The molecule has 2 aromatic heterocycles. The van der Waals surface area contributed by atoms with Gasteiger partial charge in [-0.15, -0.1) is 0 Å². The molecule has 0 saturated heterocycles. The van der Waals surface area contributed by atoms with Gasteiger partial charge in [-0.25, -0.2) is 14.4 Å². The lowest BCUT2D eigenvalue weighted by Crippen LogP contribution is -2.38. The van der Waals surface area contributed by atoms with Crippen LogP contribution in [0.1, 0.15) is 27.8 Å². The number of imidazole rings is 1. The van der Waals surface area contributed by atoms with Crippen LogP contribution in [-0.4, -0.2) is 33.5 Å². The maximum absolute atomic E-state index is 13.4. The van der Waals surface area contributed by atoms with Gasteiger partial charge < -0.3 is 10.6 Å². The Kier molecular flexibility index (Phi) is 4.73. The van der Waals surface area contributed by atoms with E-state index in [0.717, 1.165) is 24.3 Å². The second-order valence-corrected chi connectivity index (χ2v) is 5.82. The number of nitrogens with one attached hydrogen (secondary N) is 2. The second-order valence-electron chi connectivity index (χ2n) is 5.82. The van der Waals surface area contributed by atoms with Crippen LogP contribution in [-0.2, 0) is 0 Å². The molecule has 0 radical (unpaired) electrons. The van der Waals surface area contributed by atoms with E-state index < -0.39 is 23.9 Å². The standard InChI is InChI=1S/C17H15F4N5O/c1-9-7-12(22-2)26-8-23-13(15(26)24-9)16(27)25-14(17(19,20)21)10-3-5-11(18)6-4-10/h3-8,14,22H,1-2H3,(H,25,27). The molecule has 1 atom stereocenters. The van der Waals surface area contributed by atoms with E-state index in [-0.39, 0.29) is 16.9 Å². The van der Waals surface area contributed by atoms with Gasteiger partial charge in [0.15, 0.2) is 17.4 Å². The maximum Gasteiger partial charge on any atom is 0.412 e. The third-order valence-corrected chi connectivity index (χ3v) is 3.91. The Bertz CT molecular complexity index is 981. The number of benzene rings is 1. The highest BCUT2D eigenvalue weighted by Crippen LogP contribution is 2.33.